The van der Waals surface area contributed by atoms with Crippen LogP contribution in [0.4, 0.5) is 5.69 Å². The lowest BCUT2D eigenvalue weighted by Gasteiger charge is -2.14. The van der Waals surface area contributed by atoms with Gasteiger partial charge in [0.05, 0.1) is 0 Å². The van der Waals surface area contributed by atoms with Gasteiger partial charge in [0.15, 0.2) is 0 Å². The zero-order valence-corrected chi connectivity index (χ0v) is 8.25. The van der Waals surface area contributed by atoms with E-state index in [0.717, 1.165) is 13.1 Å². The Morgan fingerprint density at radius 3 is 3.00 bits per heavy atom. The van der Waals surface area contributed by atoms with Crippen molar-refractivity contribution in [2.75, 3.05) is 25.0 Å². The third-order valence-corrected chi connectivity index (χ3v) is 2.87. The number of likely N-dealkylation sites (N-methyl/N-ethyl adjacent to an activating group) is 1. The molecule has 70 valence electrons. The SMILES string of the molecule is Cc1cccc2c1N(C)CC2CN. The van der Waals surface area contributed by atoms with Crippen LogP contribution in [0, 0.1) is 6.92 Å². The molecule has 0 aromatic heterocycles. The molecule has 0 aliphatic carbocycles. The number of para-hydroxylation sites is 1. The lowest BCUT2D eigenvalue weighted by Crippen LogP contribution is -2.20. The van der Waals surface area contributed by atoms with Gasteiger partial charge >= 0.3 is 0 Å². The summed E-state index contributed by atoms with van der Waals surface area (Å²) in [6.07, 6.45) is 0. The molecular weight excluding hydrogens is 160 g/mol. The molecule has 0 spiro atoms. The molecule has 1 aromatic carbocycles. The summed E-state index contributed by atoms with van der Waals surface area (Å²) in [6.45, 7) is 3.98. The van der Waals surface area contributed by atoms with Crippen LogP contribution >= 0.6 is 0 Å². The minimum atomic E-state index is 0.528. The molecule has 2 heteroatoms. The molecule has 2 N–H and O–H groups in total. The Morgan fingerprint density at radius 1 is 1.54 bits per heavy atom. The first-order valence-electron chi connectivity index (χ1n) is 4.74. The summed E-state index contributed by atoms with van der Waals surface area (Å²) in [7, 11) is 2.14. The predicted molar refractivity (Wildman–Crippen MR) is 56.2 cm³/mol. The lowest BCUT2D eigenvalue weighted by molar-refractivity contribution is 0.730. The van der Waals surface area contributed by atoms with Gasteiger partial charge in [-0.2, -0.15) is 0 Å². The molecule has 0 amide bonds. The molecule has 0 saturated heterocycles. The van der Waals surface area contributed by atoms with E-state index in [4.69, 9.17) is 5.73 Å². The highest BCUT2D eigenvalue weighted by atomic mass is 15.1. The van der Waals surface area contributed by atoms with Crippen LogP contribution in [0.1, 0.15) is 17.0 Å². The normalized spacial score (nSPS) is 20.5. The summed E-state index contributed by atoms with van der Waals surface area (Å²) in [5.41, 5.74) is 9.90. The Hall–Kier alpha value is -1.02. The third-order valence-electron chi connectivity index (χ3n) is 2.87. The average Bonchev–Trinajstić information content (AvgIpc) is 2.44. The number of aryl methyl sites for hydroxylation is 1. The van der Waals surface area contributed by atoms with Gasteiger partial charge < -0.3 is 10.6 Å². The van der Waals surface area contributed by atoms with Crippen molar-refractivity contribution >= 4 is 5.69 Å². The standard InChI is InChI=1S/C11H16N2/c1-8-4-3-5-10-9(6-12)7-13(2)11(8)10/h3-5,9H,6-7,12H2,1-2H3. The fourth-order valence-corrected chi connectivity index (χ4v) is 2.25. The number of nitrogens with zero attached hydrogens (tertiary/aromatic N) is 1. The van der Waals surface area contributed by atoms with Crippen molar-refractivity contribution in [3.05, 3.63) is 29.3 Å². The quantitative estimate of drug-likeness (QED) is 0.702. The Morgan fingerprint density at radius 2 is 2.31 bits per heavy atom. The van der Waals surface area contributed by atoms with Crippen LogP contribution in [0.15, 0.2) is 18.2 Å². The fraction of sp³-hybridized carbons (Fsp3) is 0.455. The van der Waals surface area contributed by atoms with Crippen LogP contribution in [-0.2, 0) is 0 Å². The van der Waals surface area contributed by atoms with Crippen LogP contribution < -0.4 is 10.6 Å². The second-order valence-electron chi connectivity index (χ2n) is 3.83. The average molecular weight is 176 g/mol. The van der Waals surface area contributed by atoms with Gasteiger partial charge in [0.1, 0.15) is 0 Å². The molecular formula is C11H16N2. The Bertz CT molecular complexity index is 320. The van der Waals surface area contributed by atoms with E-state index < -0.39 is 0 Å². The number of hydrogen-bond acceptors (Lipinski definition) is 2. The molecule has 13 heavy (non-hydrogen) atoms. The molecule has 2 rings (SSSR count). The summed E-state index contributed by atoms with van der Waals surface area (Å²) in [5.74, 6) is 0.528. The van der Waals surface area contributed by atoms with Crippen molar-refractivity contribution in [3.8, 4) is 0 Å². The van der Waals surface area contributed by atoms with Crippen LogP contribution in [0.3, 0.4) is 0 Å². The van der Waals surface area contributed by atoms with E-state index in [-0.39, 0.29) is 0 Å². The summed E-state index contributed by atoms with van der Waals surface area (Å²) >= 11 is 0. The van der Waals surface area contributed by atoms with E-state index in [2.05, 4.69) is 37.1 Å². The van der Waals surface area contributed by atoms with Crippen molar-refractivity contribution in [2.45, 2.75) is 12.8 Å². The summed E-state index contributed by atoms with van der Waals surface area (Å²) < 4.78 is 0. The number of anilines is 1. The molecule has 1 aromatic rings. The van der Waals surface area contributed by atoms with Gasteiger partial charge in [0, 0.05) is 31.7 Å². The first-order valence-corrected chi connectivity index (χ1v) is 4.74. The number of fused-ring (bicyclic) bond motifs is 1. The minimum Gasteiger partial charge on any atom is -0.373 e. The second-order valence-corrected chi connectivity index (χ2v) is 3.83. The van der Waals surface area contributed by atoms with E-state index in [1.54, 1.807) is 0 Å². The fourth-order valence-electron chi connectivity index (χ4n) is 2.25. The highest BCUT2D eigenvalue weighted by molar-refractivity contribution is 5.64. The number of nitrogens with two attached hydrogens (primary N) is 1. The molecule has 0 radical (unpaired) electrons. The van der Waals surface area contributed by atoms with Crippen LogP contribution in [0.5, 0.6) is 0 Å². The largest absolute Gasteiger partial charge is 0.373 e. The molecule has 1 unspecified atom stereocenters. The molecule has 0 bridgehead atoms. The highest BCUT2D eigenvalue weighted by Crippen LogP contribution is 2.36. The second kappa shape index (κ2) is 3.04. The summed E-state index contributed by atoms with van der Waals surface area (Å²) in [6, 6.07) is 6.48. The van der Waals surface area contributed by atoms with Gasteiger partial charge in [-0.25, -0.2) is 0 Å². The summed E-state index contributed by atoms with van der Waals surface area (Å²) in [5, 5.41) is 0. The monoisotopic (exact) mass is 176 g/mol. The molecule has 1 atom stereocenters. The van der Waals surface area contributed by atoms with Gasteiger partial charge in [-0.15, -0.1) is 0 Å². The zero-order chi connectivity index (χ0) is 9.42. The van der Waals surface area contributed by atoms with E-state index >= 15 is 0 Å². The smallest absolute Gasteiger partial charge is 0.0430 e. The zero-order valence-electron chi connectivity index (χ0n) is 8.25. The van der Waals surface area contributed by atoms with Crippen molar-refractivity contribution in [2.24, 2.45) is 5.73 Å². The topological polar surface area (TPSA) is 29.3 Å². The van der Waals surface area contributed by atoms with E-state index in [1.807, 2.05) is 0 Å². The first kappa shape index (κ1) is 8.57. The number of benzene rings is 1. The maximum absolute atomic E-state index is 5.73. The van der Waals surface area contributed by atoms with Crippen LogP contribution in [-0.4, -0.2) is 20.1 Å². The maximum atomic E-state index is 5.73. The molecule has 2 nitrogen and oxygen atoms in total. The Kier molecular flexibility index (Phi) is 2.00. The molecule has 0 fully saturated rings. The van der Waals surface area contributed by atoms with E-state index in [0.29, 0.717) is 5.92 Å². The maximum Gasteiger partial charge on any atom is 0.0430 e. The van der Waals surface area contributed by atoms with Gasteiger partial charge in [0.2, 0.25) is 0 Å². The van der Waals surface area contributed by atoms with E-state index in [9.17, 15) is 0 Å². The van der Waals surface area contributed by atoms with Gasteiger partial charge in [-0.3, -0.25) is 0 Å². The van der Waals surface area contributed by atoms with Crippen LogP contribution in [0.25, 0.3) is 0 Å². The molecule has 1 heterocycles. The molecule has 0 saturated carbocycles. The number of rotatable bonds is 1. The van der Waals surface area contributed by atoms with Crippen molar-refractivity contribution in [1.82, 2.24) is 0 Å². The van der Waals surface area contributed by atoms with Gasteiger partial charge in [-0.1, -0.05) is 18.2 Å². The molecule has 1 aliphatic heterocycles. The molecule has 1 aliphatic rings. The van der Waals surface area contributed by atoms with Crippen LogP contribution in [0.2, 0.25) is 0 Å². The van der Waals surface area contributed by atoms with Crippen molar-refractivity contribution in [1.29, 1.82) is 0 Å². The minimum absolute atomic E-state index is 0.528. The number of hydrogen-bond donors (Lipinski definition) is 1. The Labute approximate surface area is 79.4 Å². The van der Waals surface area contributed by atoms with Crippen molar-refractivity contribution in [3.63, 3.8) is 0 Å². The first-order chi connectivity index (χ1) is 6.24. The van der Waals surface area contributed by atoms with E-state index in [1.165, 1.54) is 16.8 Å². The predicted octanol–water partition coefficient (Wildman–Crippen LogP) is 1.49. The Balaban J connectivity index is 2.51. The van der Waals surface area contributed by atoms with Crippen molar-refractivity contribution < 1.29 is 0 Å². The van der Waals surface area contributed by atoms with Gasteiger partial charge in [-0.05, 0) is 18.1 Å². The summed E-state index contributed by atoms with van der Waals surface area (Å²) in [4.78, 5) is 2.31. The third kappa shape index (κ3) is 1.22. The van der Waals surface area contributed by atoms with Gasteiger partial charge in [0.25, 0.3) is 0 Å². The lowest BCUT2D eigenvalue weighted by atomic mass is 10.00. The highest BCUT2D eigenvalue weighted by Gasteiger charge is 2.25.